The van der Waals surface area contributed by atoms with Gasteiger partial charge >= 0.3 is 0 Å². The van der Waals surface area contributed by atoms with E-state index >= 15 is 0 Å². The minimum Gasteiger partial charge on any atom is -0.257 e. The van der Waals surface area contributed by atoms with E-state index in [1.807, 2.05) is 14.0 Å². The fourth-order valence-electron chi connectivity index (χ4n) is 1.21. The van der Waals surface area contributed by atoms with Gasteiger partial charge in [0.25, 0.3) is 0 Å². The van der Waals surface area contributed by atoms with Crippen LogP contribution in [0.5, 0.6) is 0 Å². The molecule has 1 heterocycles. The van der Waals surface area contributed by atoms with Crippen LogP contribution >= 0.6 is 24.2 Å². The standard InChI is InChI=1S/C8H13ClN2S/c1-6-7(4-3-5-12)8(9)11(2)10-6/h12H,3-5H2,1-2H3. The van der Waals surface area contributed by atoms with E-state index in [9.17, 15) is 0 Å². The van der Waals surface area contributed by atoms with Crippen molar-refractivity contribution in [3.05, 3.63) is 16.4 Å². The zero-order valence-electron chi connectivity index (χ0n) is 7.34. The summed E-state index contributed by atoms with van der Waals surface area (Å²) in [5, 5.41) is 4.98. The Morgan fingerprint density at radius 2 is 2.25 bits per heavy atom. The quantitative estimate of drug-likeness (QED) is 0.748. The summed E-state index contributed by atoms with van der Waals surface area (Å²) in [6, 6.07) is 0. The molecule has 0 saturated carbocycles. The van der Waals surface area contributed by atoms with Gasteiger partial charge in [0.15, 0.2) is 0 Å². The summed E-state index contributed by atoms with van der Waals surface area (Å²) in [6.45, 7) is 1.99. The van der Waals surface area contributed by atoms with Gasteiger partial charge < -0.3 is 0 Å². The molecule has 0 amide bonds. The molecule has 0 N–H and O–H groups in total. The number of thiol groups is 1. The second kappa shape index (κ2) is 4.19. The van der Waals surface area contributed by atoms with Crippen LogP contribution in [0.15, 0.2) is 0 Å². The molecule has 0 saturated heterocycles. The number of hydrogen-bond donors (Lipinski definition) is 1. The first-order valence-corrected chi connectivity index (χ1v) is 4.96. The van der Waals surface area contributed by atoms with Crippen molar-refractivity contribution < 1.29 is 0 Å². The molecule has 4 heteroatoms. The molecule has 12 heavy (non-hydrogen) atoms. The Hall–Kier alpha value is -0.150. The molecule has 0 atom stereocenters. The van der Waals surface area contributed by atoms with E-state index in [4.69, 9.17) is 11.6 Å². The van der Waals surface area contributed by atoms with Gasteiger partial charge in [-0.25, -0.2) is 0 Å². The Kier molecular flexibility index (Phi) is 3.47. The summed E-state index contributed by atoms with van der Waals surface area (Å²) in [5.41, 5.74) is 2.19. The van der Waals surface area contributed by atoms with E-state index in [1.54, 1.807) is 4.68 Å². The number of hydrogen-bond acceptors (Lipinski definition) is 2. The Labute approximate surface area is 83.3 Å². The maximum Gasteiger partial charge on any atom is 0.130 e. The lowest BCUT2D eigenvalue weighted by molar-refractivity contribution is 0.757. The second-order valence-electron chi connectivity index (χ2n) is 2.81. The summed E-state index contributed by atoms with van der Waals surface area (Å²) in [5.74, 6) is 0.894. The smallest absolute Gasteiger partial charge is 0.130 e. The second-order valence-corrected chi connectivity index (χ2v) is 3.61. The Bertz CT molecular complexity index is 270. The van der Waals surface area contributed by atoms with Crippen molar-refractivity contribution in [3.63, 3.8) is 0 Å². The molecular weight excluding hydrogens is 192 g/mol. The van der Waals surface area contributed by atoms with Crippen LogP contribution in [0.1, 0.15) is 17.7 Å². The van der Waals surface area contributed by atoms with Gasteiger partial charge in [-0.15, -0.1) is 0 Å². The van der Waals surface area contributed by atoms with Crippen LogP contribution in [0.2, 0.25) is 5.15 Å². The van der Waals surface area contributed by atoms with Gasteiger partial charge in [-0.2, -0.15) is 17.7 Å². The van der Waals surface area contributed by atoms with Gasteiger partial charge in [-0.3, -0.25) is 4.68 Å². The lowest BCUT2D eigenvalue weighted by Gasteiger charge is -1.97. The largest absolute Gasteiger partial charge is 0.257 e. The molecule has 0 fully saturated rings. The van der Waals surface area contributed by atoms with E-state index in [-0.39, 0.29) is 0 Å². The average molecular weight is 205 g/mol. The van der Waals surface area contributed by atoms with Crippen molar-refractivity contribution >= 4 is 24.2 Å². The molecule has 68 valence electrons. The molecule has 1 rings (SSSR count). The summed E-state index contributed by atoms with van der Waals surface area (Å²) in [4.78, 5) is 0. The molecule has 0 aromatic carbocycles. The Balaban J connectivity index is 2.82. The first-order chi connectivity index (χ1) is 5.66. The zero-order chi connectivity index (χ0) is 9.14. The summed E-state index contributed by atoms with van der Waals surface area (Å²) >= 11 is 10.2. The highest BCUT2D eigenvalue weighted by Gasteiger charge is 2.09. The Morgan fingerprint density at radius 1 is 1.58 bits per heavy atom. The molecule has 1 aromatic rings. The van der Waals surface area contributed by atoms with Crippen molar-refractivity contribution in [2.45, 2.75) is 19.8 Å². The molecule has 0 bridgehead atoms. The van der Waals surface area contributed by atoms with E-state index < -0.39 is 0 Å². The molecule has 0 spiro atoms. The average Bonchev–Trinajstić information content (AvgIpc) is 2.25. The van der Waals surface area contributed by atoms with E-state index in [0.29, 0.717) is 0 Å². The van der Waals surface area contributed by atoms with Crippen LogP contribution < -0.4 is 0 Å². The van der Waals surface area contributed by atoms with Gasteiger partial charge in [0, 0.05) is 12.6 Å². The number of aromatic nitrogens is 2. The summed E-state index contributed by atoms with van der Waals surface area (Å²) in [7, 11) is 1.86. The highest BCUT2D eigenvalue weighted by Crippen LogP contribution is 2.19. The number of halogens is 1. The normalized spacial score (nSPS) is 10.7. The fourth-order valence-corrected chi connectivity index (χ4v) is 1.64. The van der Waals surface area contributed by atoms with Gasteiger partial charge in [-0.1, -0.05) is 11.6 Å². The van der Waals surface area contributed by atoms with Crippen LogP contribution in [0.4, 0.5) is 0 Å². The third-order valence-electron chi connectivity index (χ3n) is 1.85. The maximum atomic E-state index is 6.03. The minimum absolute atomic E-state index is 0.759. The first kappa shape index (κ1) is 9.93. The van der Waals surface area contributed by atoms with Crippen molar-refractivity contribution in [1.82, 2.24) is 9.78 Å². The number of aryl methyl sites for hydroxylation is 2. The van der Waals surface area contributed by atoms with Gasteiger partial charge in [0.1, 0.15) is 5.15 Å². The van der Waals surface area contributed by atoms with E-state index in [2.05, 4.69) is 17.7 Å². The molecule has 0 unspecified atom stereocenters. The lowest BCUT2D eigenvalue weighted by Crippen LogP contribution is -1.90. The van der Waals surface area contributed by atoms with Crippen molar-refractivity contribution in [3.8, 4) is 0 Å². The molecule has 0 aliphatic carbocycles. The van der Waals surface area contributed by atoms with Crippen LogP contribution in [-0.2, 0) is 13.5 Å². The third-order valence-corrected chi connectivity index (χ3v) is 2.64. The minimum atomic E-state index is 0.759. The first-order valence-electron chi connectivity index (χ1n) is 3.95. The maximum absolute atomic E-state index is 6.03. The lowest BCUT2D eigenvalue weighted by atomic mass is 10.1. The van der Waals surface area contributed by atoms with Crippen LogP contribution in [-0.4, -0.2) is 15.5 Å². The number of rotatable bonds is 3. The highest BCUT2D eigenvalue weighted by atomic mass is 35.5. The number of nitrogens with zero attached hydrogens (tertiary/aromatic N) is 2. The van der Waals surface area contributed by atoms with E-state index in [1.165, 1.54) is 0 Å². The van der Waals surface area contributed by atoms with Crippen LogP contribution in [0.3, 0.4) is 0 Å². The molecule has 2 nitrogen and oxygen atoms in total. The van der Waals surface area contributed by atoms with Gasteiger partial charge in [0.05, 0.1) is 5.69 Å². The van der Waals surface area contributed by atoms with Crippen molar-refractivity contribution in [2.75, 3.05) is 5.75 Å². The fraction of sp³-hybridized carbons (Fsp3) is 0.625. The van der Waals surface area contributed by atoms with Gasteiger partial charge in [0.2, 0.25) is 0 Å². The van der Waals surface area contributed by atoms with Gasteiger partial charge in [-0.05, 0) is 25.5 Å². The Morgan fingerprint density at radius 3 is 2.67 bits per heavy atom. The van der Waals surface area contributed by atoms with Crippen LogP contribution in [0.25, 0.3) is 0 Å². The molecule has 0 aliphatic rings. The summed E-state index contributed by atoms with van der Waals surface area (Å²) < 4.78 is 1.71. The monoisotopic (exact) mass is 204 g/mol. The molecule has 0 radical (unpaired) electrons. The predicted molar refractivity (Wildman–Crippen MR) is 55.1 cm³/mol. The zero-order valence-corrected chi connectivity index (χ0v) is 8.99. The highest BCUT2D eigenvalue weighted by molar-refractivity contribution is 7.80. The molecular formula is C8H13ClN2S. The van der Waals surface area contributed by atoms with E-state index in [0.717, 1.165) is 35.0 Å². The van der Waals surface area contributed by atoms with Crippen molar-refractivity contribution in [2.24, 2.45) is 7.05 Å². The predicted octanol–water partition coefficient (Wildman–Crippen LogP) is 2.24. The third kappa shape index (κ3) is 1.96. The van der Waals surface area contributed by atoms with Crippen molar-refractivity contribution in [1.29, 1.82) is 0 Å². The SMILES string of the molecule is Cc1nn(C)c(Cl)c1CCCS. The molecule has 1 aromatic heterocycles. The van der Waals surface area contributed by atoms with Crippen LogP contribution in [0, 0.1) is 6.92 Å². The topological polar surface area (TPSA) is 17.8 Å². The molecule has 0 aliphatic heterocycles. The summed E-state index contributed by atoms with van der Waals surface area (Å²) in [6.07, 6.45) is 2.03.